The van der Waals surface area contributed by atoms with Gasteiger partial charge in [0.25, 0.3) is 5.56 Å². The summed E-state index contributed by atoms with van der Waals surface area (Å²) in [6, 6.07) is 9.75. The third-order valence-corrected chi connectivity index (χ3v) is 5.26. The fraction of sp³-hybridized carbons (Fsp3) is 0.381. The molecule has 0 amide bonds. The highest BCUT2D eigenvalue weighted by Crippen LogP contribution is 2.28. The molecule has 2 aromatic heterocycles. The number of aromatic amines is 1. The van der Waals surface area contributed by atoms with Crippen molar-refractivity contribution in [2.45, 2.75) is 39.2 Å². The molecule has 0 radical (unpaired) electrons. The van der Waals surface area contributed by atoms with E-state index in [1.807, 2.05) is 25.1 Å². The van der Waals surface area contributed by atoms with Crippen LogP contribution in [0.15, 0.2) is 45.9 Å². The van der Waals surface area contributed by atoms with Crippen LogP contribution in [0.1, 0.15) is 41.5 Å². The summed E-state index contributed by atoms with van der Waals surface area (Å²) in [4.78, 5) is 25.7. The molecule has 0 saturated carbocycles. The molecule has 4 rings (SSSR count). The Morgan fingerprint density at radius 2 is 2.15 bits per heavy atom. The fourth-order valence-electron chi connectivity index (χ4n) is 3.76. The van der Waals surface area contributed by atoms with E-state index in [4.69, 9.17) is 9.40 Å². The number of aromatic nitrogens is 3. The minimum atomic E-state index is -0.0904. The van der Waals surface area contributed by atoms with Crippen LogP contribution in [0, 0.1) is 13.8 Å². The summed E-state index contributed by atoms with van der Waals surface area (Å²) in [5.74, 6) is 1.83. The molecule has 0 spiro atoms. The number of likely N-dealkylation sites (tertiary alicyclic amines) is 1. The molecule has 1 N–H and O–H groups in total. The number of rotatable bonds is 4. The zero-order valence-corrected chi connectivity index (χ0v) is 15.7. The van der Waals surface area contributed by atoms with E-state index < -0.39 is 0 Å². The van der Waals surface area contributed by atoms with Crippen molar-refractivity contribution < 1.29 is 4.42 Å². The van der Waals surface area contributed by atoms with Crippen molar-refractivity contribution in [3.63, 3.8) is 0 Å². The maximum absolute atomic E-state index is 11.6. The summed E-state index contributed by atoms with van der Waals surface area (Å²) >= 11 is 0. The van der Waals surface area contributed by atoms with Gasteiger partial charge in [-0.05, 0) is 44.9 Å². The first-order valence-corrected chi connectivity index (χ1v) is 9.39. The molecule has 1 aliphatic rings. The summed E-state index contributed by atoms with van der Waals surface area (Å²) < 4.78 is 5.95. The molecule has 3 heterocycles. The first kappa shape index (κ1) is 17.7. The van der Waals surface area contributed by atoms with Crippen LogP contribution in [0.4, 0.5) is 0 Å². The molecule has 1 aliphatic heterocycles. The average Bonchev–Trinajstić information content (AvgIpc) is 3.02. The van der Waals surface area contributed by atoms with E-state index in [1.54, 1.807) is 6.07 Å². The average molecular weight is 364 g/mol. The standard InChI is InChI=1S/C21H24N4O2/c1-14-6-3-4-8-17(14)21-24-19(15(2)27-21)12-25-9-5-7-16(11-25)18-10-20(26)23-13-22-18/h3-4,6,8,10,13,16H,5,7,9,11-12H2,1-2H3,(H,22,23,26). The molecule has 1 saturated heterocycles. The number of hydrogen-bond acceptors (Lipinski definition) is 5. The summed E-state index contributed by atoms with van der Waals surface area (Å²) in [6.07, 6.45) is 3.63. The molecule has 6 heteroatoms. The van der Waals surface area contributed by atoms with Crippen LogP contribution in [0.25, 0.3) is 11.5 Å². The van der Waals surface area contributed by atoms with Gasteiger partial charge in [-0.25, -0.2) is 9.97 Å². The maximum Gasteiger partial charge on any atom is 0.250 e. The quantitative estimate of drug-likeness (QED) is 0.768. The van der Waals surface area contributed by atoms with E-state index in [-0.39, 0.29) is 11.5 Å². The van der Waals surface area contributed by atoms with Crippen molar-refractivity contribution in [1.29, 1.82) is 0 Å². The summed E-state index contributed by atoms with van der Waals surface area (Å²) in [6.45, 7) is 6.69. The topological polar surface area (TPSA) is 75.0 Å². The fourth-order valence-corrected chi connectivity index (χ4v) is 3.76. The highest BCUT2D eigenvalue weighted by atomic mass is 16.4. The van der Waals surface area contributed by atoms with Crippen LogP contribution >= 0.6 is 0 Å². The Morgan fingerprint density at radius 1 is 1.30 bits per heavy atom. The molecule has 1 atom stereocenters. The van der Waals surface area contributed by atoms with E-state index in [9.17, 15) is 4.79 Å². The van der Waals surface area contributed by atoms with Gasteiger partial charge in [-0.1, -0.05) is 18.2 Å². The Kier molecular flexibility index (Phi) is 4.90. The van der Waals surface area contributed by atoms with Gasteiger partial charge in [0.15, 0.2) is 0 Å². The second-order valence-electron chi connectivity index (χ2n) is 7.25. The molecular weight excluding hydrogens is 340 g/mol. The second kappa shape index (κ2) is 7.48. The van der Waals surface area contributed by atoms with Crippen LogP contribution in [0.3, 0.4) is 0 Å². The van der Waals surface area contributed by atoms with Crippen LogP contribution in [-0.4, -0.2) is 32.9 Å². The number of aryl methyl sites for hydroxylation is 2. The molecule has 0 aliphatic carbocycles. The number of oxazole rings is 1. The van der Waals surface area contributed by atoms with Crippen molar-refractivity contribution in [1.82, 2.24) is 19.9 Å². The minimum Gasteiger partial charge on any atom is -0.441 e. The third-order valence-electron chi connectivity index (χ3n) is 5.26. The number of H-pyrrole nitrogens is 1. The lowest BCUT2D eigenvalue weighted by atomic mass is 9.94. The van der Waals surface area contributed by atoms with E-state index in [0.717, 1.165) is 60.8 Å². The Hall–Kier alpha value is -2.73. The van der Waals surface area contributed by atoms with Crippen molar-refractivity contribution in [3.05, 3.63) is 69.7 Å². The van der Waals surface area contributed by atoms with Crippen LogP contribution in [0.5, 0.6) is 0 Å². The highest BCUT2D eigenvalue weighted by molar-refractivity contribution is 5.58. The number of nitrogens with one attached hydrogen (secondary N) is 1. The van der Waals surface area contributed by atoms with Crippen molar-refractivity contribution in [2.24, 2.45) is 0 Å². The lowest BCUT2D eigenvalue weighted by Gasteiger charge is -2.31. The van der Waals surface area contributed by atoms with Gasteiger partial charge in [-0.15, -0.1) is 0 Å². The van der Waals surface area contributed by atoms with Gasteiger partial charge < -0.3 is 9.40 Å². The number of hydrogen-bond donors (Lipinski definition) is 1. The Labute approximate surface area is 158 Å². The lowest BCUT2D eigenvalue weighted by Crippen LogP contribution is -2.34. The normalized spacial score (nSPS) is 17.9. The van der Waals surface area contributed by atoms with Gasteiger partial charge in [0.1, 0.15) is 5.76 Å². The Morgan fingerprint density at radius 3 is 2.96 bits per heavy atom. The Balaban J connectivity index is 1.51. The van der Waals surface area contributed by atoms with Crippen molar-refractivity contribution >= 4 is 0 Å². The number of piperidine rings is 1. The first-order chi connectivity index (χ1) is 13.1. The lowest BCUT2D eigenvalue weighted by molar-refractivity contribution is 0.195. The maximum atomic E-state index is 11.6. The van der Waals surface area contributed by atoms with Crippen LogP contribution in [-0.2, 0) is 6.54 Å². The summed E-state index contributed by atoms with van der Waals surface area (Å²) in [7, 11) is 0. The molecular formula is C21H24N4O2. The zero-order valence-electron chi connectivity index (χ0n) is 15.7. The van der Waals surface area contributed by atoms with Gasteiger partial charge in [0.05, 0.1) is 17.7 Å². The number of benzene rings is 1. The molecule has 1 unspecified atom stereocenters. The van der Waals surface area contributed by atoms with E-state index >= 15 is 0 Å². The first-order valence-electron chi connectivity index (χ1n) is 9.39. The van der Waals surface area contributed by atoms with E-state index in [1.165, 1.54) is 6.33 Å². The van der Waals surface area contributed by atoms with Crippen LogP contribution in [0.2, 0.25) is 0 Å². The molecule has 1 fully saturated rings. The third kappa shape index (κ3) is 3.85. The molecule has 140 valence electrons. The van der Waals surface area contributed by atoms with Crippen molar-refractivity contribution in [3.8, 4) is 11.5 Å². The van der Waals surface area contributed by atoms with Crippen LogP contribution < -0.4 is 5.56 Å². The molecule has 27 heavy (non-hydrogen) atoms. The van der Waals surface area contributed by atoms with Gasteiger partial charge >= 0.3 is 0 Å². The highest BCUT2D eigenvalue weighted by Gasteiger charge is 2.24. The summed E-state index contributed by atoms with van der Waals surface area (Å²) in [5.41, 5.74) is 3.96. The largest absolute Gasteiger partial charge is 0.441 e. The molecule has 0 bridgehead atoms. The SMILES string of the molecule is Cc1ccccc1-c1nc(CN2CCCC(c3cc(=O)[nH]cn3)C2)c(C)o1. The molecule has 3 aromatic rings. The second-order valence-corrected chi connectivity index (χ2v) is 7.25. The monoisotopic (exact) mass is 364 g/mol. The van der Waals surface area contributed by atoms with Gasteiger partial charge in [-0.2, -0.15) is 0 Å². The predicted molar refractivity (Wildman–Crippen MR) is 104 cm³/mol. The van der Waals surface area contributed by atoms with Gasteiger partial charge in [-0.3, -0.25) is 9.69 Å². The zero-order chi connectivity index (χ0) is 18.8. The molecule has 1 aromatic carbocycles. The minimum absolute atomic E-state index is 0.0904. The van der Waals surface area contributed by atoms with Gasteiger partial charge in [0, 0.05) is 30.6 Å². The molecule has 6 nitrogen and oxygen atoms in total. The van der Waals surface area contributed by atoms with Gasteiger partial charge in [0.2, 0.25) is 5.89 Å². The van der Waals surface area contributed by atoms with Crippen molar-refractivity contribution in [2.75, 3.05) is 13.1 Å². The predicted octanol–water partition coefficient (Wildman–Crippen LogP) is 3.42. The smallest absolute Gasteiger partial charge is 0.250 e. The Bertz CT molecular complexity index is 992. The van der Waals surface area contributed by atoms with E-state index in [2.05, 4.69) is 27.9 Å². The summed E-state index contributed by atoms with van der Waals surface area (Å²) in [5, 5.41) is 0. The van der Waals surface area contributed by atoms with E-state index in [0.29, 0.717) is 5.89 Å². The number of nitrogens with zero attached hydrogens (tertiary/aromatic N) is 3.